The number of carbonyl (C=O) groups excluding carboxylic acids is 1. The summed E-state index contributed by atoms with van der Waals surface area (Å²) in [4.78, 5) is 10.8. The normalized spacial score (nSPS) is 12.6. The first kappa shape index (κ1) is 9.33. The third-order valence-corrected chi connectivity index (χ3v) is 1.19. The first-order valence-corrected chi connectivity index (χ1v) is 3.10. The van der Waals surface area contributed by atoms with Crippen molar-refractivity contribution in [2.45, 2.75) is 6.10 Å². The van der Waals surface area contributed by atoms with Crippen molar-refractivity contribution in [3.63, 3.8) is 0 Å². The number of hydrogen-bond acceptors (Lipinski definition) is 3. The van der Waals surface area contributed by atoms with E-state index in [0.29, 0.717) is 6.54 Å². The molecule has 0 heterocycles. The summed E-state index contributed by atoms with van der Waals surface area (Å²) < 4.78 is 4.86. The molecule has 1 atom stereocenters. The van der Waals surface area contributed by atoms with Crippen LogP contribution in [0.2, 0.25) is 0 Å². The van der Waals surface area contributed by atoms with Gasteiger partial charge in [0.2, 0.25) is 0 Å². The van der Waals surface area contributed by atoms with Crippen molar-refractivity contribution >= 4 is 5.78 Å². The summed E-state index contributed by atoms with van der Waals surface area (Å²) in [6.07, 6.45) is 0.883. The summed E-state index contributed by atoms with van der Waals surface area (Å²) in [6, 6.07) is 0. The average Bonchev–Trinajstić information content (AvgIpc) is 1.99. The van der Waals surface area contributed by atoms with E-state index in [2.05, 4.69) is 11.9 Å². The molecule has 0 aliphatic heterocycles. The molecule has 0 bridgehead atoms. The Morgan fingerprint density at radius 2 is 2.50 bits per heavy atom. The number of carbonyl (C=O) groups is 1. The lowest BCUT2D eigenvalue weighted by molar-refractivity contribution is -0.123. The molecule has 3 nitrogen and oxygen atoms in total. The third-order valence-electron chi connectivity index (χ3n) is 1.19. The number of methoxy groups -OCH3 is 1. The second-order valence-electron chi connectivity index (χ2n) is 1.89. The fourth-order valence-corrected chi connectivity index (χ4v) is 0.617. The van der Waals surface area contributed by atoms with Crippen LogP contribution in [0.4, 0.5) is 0 Å². The zero-order chi connectivity index (χ0) is 7.98. The summed E-state index contributed by atoms with van der Waals surface area (Å²) in [5, 5.41) is 2.84. The Morgan fingerprint density at radius 1 is 1.90 bits per heavy atom. The second-order valence-corrected chi connectivity index (χ2v) is 1.89. The van der Waals surface area contributed by atoms with Gasteiger partial charge in [0.15, 0.2) is 5.78 Å². The molecule has 0 amide bonds. The first-order chi connectivity index (χ1) is 4.76. The van der Waals surface area contributed by atoms with Gasteiger partial charge in [-0.05, 0) is 13.1 Å². The van der Waals surface area contributed by atoms with Crippen molar-refractivity contribution < 1.29 is 9.53 Å². The second kappa shape index (κ2) is 5.14. The molecule has 58 valence electrons. The zero-order valence-electron chi connectivity index (χ0n) is 6.39. The van der Waals surface area contributed by atoms with Gasteiger partial charge in [-0.25, -0.2) is 0 Å². The summed E-state index contributed by atoms with van der Waals surface area (Å²) >= 11 is 0. The highest BCUT2D eigenvalue weighted by Gasteiger charge is 2.11. The predicted molar refractivity (Wildman–Crippen MR) is 39.9 cm³/mol. The Bertz CT molecular complexity index is 123. The molecule has 0 aliphatic carbocycles. The molecule has 0 saturated carbocycles. The Kier molecular flexibility index (Phi) is 4.80. The minimum atomic E-state index is -0.387. The van der Waals surface area contributed by atoms with Gasteiger partial charge in [-0.2, -0.15) is 0 Å². The van der Waals surface area contributed by atoms with Gasteiger partial charge in [-0.1, -0.05) is 6.58 Å². The van der Waals surface area contributed by atoms with Crippen LogP contribution >= 0.6 is 0 Å². The topological polar surface area (TPSA) is 38.3 Å². The monoisotopic (exact) mass is 143 g/mol. The molecule has 0 spiro atoms. The first-order valence-electron chi connectivity index (χ1n) is 3.10. The molecule has 3 heteroatoms. The highest BCUT2D eigenvalue weighted by Crippen LogP contribution is 1.90. The minimum Gasteiger partial charge on any atom is -0.372 e. The number of rotatable bonds is 5. The largest absolute Gasteiger partial charge is 0.372 e. The number of ketones is 1. The van der Waals surface area contributed by atoms with Crippen LogP contribution in [0.1, 0.15) is 0 Å². The van der Waals surface area contributed by atoms with Gasteiger partial charge in [-0.15, -0.1) is 0 Å². The van der Waals surface area contributed by atoms with Gasteiger partial charge >= 0.3 is 0 Å². The van der Waals surface area contributed by atoms with Gasteiger partial charge < -0.3 is 10.1 Å². The van der Waals surface area contributed by atoms with Crippen LogP contribution in [-0.2, 0) is 9.53 Å². The Balaban J connectivity index is 3.79. The summed E-state index contributed by atoms with van der Waals surface area (Å²) in [7, 11) is 3.27. The lowest BCUT2D eigenvalue weighted by Gasteiger charge is -2.09. The van der Waals surface area contributed by atoms with Crippen molar-refractivity contribution in [1.82, 2.24) is 5.32 Å². The van der Waals surface area contributed by atoms with Crippen molar-refractivity contribution in [3.05, 3.63) is 12.7 Å². The minimum absolute atomic E-state index is 0.0862. The van der Waals surface area contributed by atoms with Crippen molar-refractivity contribution in [3.8, 4) is 0 Å². The average molecular weight is 143 g/mol. The number of hydrogen-bond donors (Lipinski definition) is 1. The summed E-state index contributed by atoms with van der Waals surface area (Å²) in [5.41, 5.74) is 0. The summed E-state index contributed by atoms with van der Waals surface area (Å²) in [5.74, 6) is -0.0862. The maximum atomic E-state index is 10.8. The lowest BCUT2D eigenvalue weighted by atomic mass is 10.2. The van der Waals surface area contributed by atoms with Gasteiger partial charge in [0, 0.05) is 13.7 Å². The third kappa shape index (κ3) is 2.75. The predicted octanol–water partition coefficient (Wildman–Crippen LogP) is -0.0241. The van der Waals surface area contributed by atoms with Crippen molar-refractivity contribution in [1.29, 1.82) is 0 Å². The van der Waals surface area contributed by atoms with E-state index in [-0.39, 0.29) is 11.9 Å². The Labute approximate surface area is 61.1 Å². The lowest BCUT2D eigenvalue weighted by Crippen LogP contribution is -2.31. The fourth-order valence-electron chi connectivity index (χ4n) is 0.617. The smallest absolute Gasteiger partial charge is 0.185 e. The van der Waals surface area contributed by atoms with E-state index in [1.165, 1.54) is 13.2 Å². The van der Waals surface area contributed by atoms with E-state index < -0.39 is 0 Å². The maximum absolute atomic E-state index is 10.8. The molecule has 0 rings (SSSR count). The molecule has 10 heavy (non-hydrogen) atoms. The van der Waals surface area contributed by atoms with Crippen LogP contribution < -0.4 is 5.32 Å². The van der Waals surface area contributed by atoms with E-state index in [0.717, 1.165) is 0 Å². The standard InChI is InChI=1S/C7H13NO2/c1-4-6(9)7(10-3)5-8-2/h4,7-8H,1,5H2,2-3H3. The number of ether oxygens (including phenoxy) is 1. The molecule has 0 aromatic rings. The fraction of sp³-hybridized carbons (Fsp3) is 0.571. The molecular weight excluding hydrogens is 130 g/mol. The van der Waals surface area contributed by atoms with Gasteiger partial charge in [0.1, 0.15) is 6.10 Å². The molecule has 0 aromatic carbocycles. The van der Waals surface area contributed by atoms with Gasteiger partial charge in [0.05, 0.1) is 0 Å². The molecule has 0 radical (unpaired) electrons. The Hall–Kier alpha value is -0.670. The van der Waals surface area contributed by atoms with Crippen LogP contribution in [0.3, 0.4) is 0 Å². The van der Waals surface area contributed by atoms with E-state index in [9.17, 15) is 4.79 Å². The van der Waals surface area contributed by atoms with Crippen LogP contribution in [0.15, 0.2) is 12.7 Å². The quantitative estimate of drug-likeness (QED) is 0.549. The van der Waals surface area contributed by atoms with E-state index >= 15 is 0 Å². The van der Waals surface area contributed by atoms with Crippen LogP contribution in [0.25, 0.3) is 0 Å². The van der Waals surface area contributed by atoms with Crippen molar-refractivity contribution in [2.75, 3.05) is 20.7 Å². The van der Waals surface area contributed by atoms with E-state index in [1.807, 2.05) is 0 Å². The van der Waals surface area contributed by atoms with Crippen molar-refractivity contribution in [2.24, 2.45) is 0 Å². The van der Waals surface area contributed by atoms with E-state index in [4.69, 9.17) is 4.74 Å². The van der Waals surface area contributed by atoms with E-state index in [1.54, 1.807) is 7.05 Å². The molecule has 0 saturated heterocycles. The highest BCUT2D eigenvalue weighted by molar-refractivity contribution is 5.93. The van der Waals surface area contributed by atoms with Gasteiger partial charge in [0.25, 0.3) is 0 Å². The number of nitrogens with one attached hydrogen (secondary N) is 1. The number of likely N-dealkylation sites (N-methyl/N-ethyl adjacent to an activating group) is 1. The zero-order valence-corrected chi connectivity index (χ0v) is 6.39. The molecule has 0 aromatic heterocycles. The maximum Gasteiger partial charge on any atom is 0.185 e. The summed E-state index contributed by atoms with van der Waals surface area (Å²) in [6.45, 7) is 3.88. The van der Waals surface area contributed by atoms with Crippen LogP contribution in [0.5, 0.6) is 0 Å². The SMILES string of the molecule is C=CC(=O)C(CNC)OC. The molecular formula is C7H13NO2. The molecule has 1 unspecified atom stereocenters. The van der Waals surface area contributed by atoms with Crippen LogP contribution in [-0.4, -0.2) is 32.6 Å². The van der Waals surface area contributed by atoms with Crippen LogP contribution in [0, 0.1) is 0 Å². The van der Waals surface area contributed by atoms with Gasteiger partial charge in [-0.3, -0.25) is 4.79 Å². The Morgan fingerprint density at radius 3 is 2.80 bits per heavy atom. The highest BCUT2D eigenvalue weighted by atomic mass is 16.5. The molecule has 0 fully saturated rings. The molecule has 1 N–H and O–H groups in total. The molecule has 0 aliphatic rings.